The van der Waals surface area contributed by atoms with Gasteiger partial charge in [0.25, 0.3) is 5.56 Å². The minimum atomic E-state index is -0.413. The second-order valence-corrected chi connectivity index (χ2v) is 6.29. The molecule has 2 aromatic rings. The molecule has 0 aliphatic carbocycles. The fraction of sp³-hybridized carbons (Fsp3) is 0.375. The molecule has 21 heavy (non-hydrogen) atoms. The average molecular weight is 284 g/mol. The molecule has 5 nitrogen and oxygen atoms in total. The summed E-state index contributed by atoms with van der Waals surface area (Å²) >= 11 is 0. The number of anilines is 3. The third-order valence-electron chi connectivity index (χ3n) is 4.51. The van der Waals surface area contributed by atoms with Crippen LogP contribution in [0.4, 0.5) is 17.5 Å². The Balaban J connectivity index is 2.41. The zero-order chi connectivity index (χ0) is 15.5. The maximum absolute atomic E-state index is 12.4. The first kappa shape index (κ1) is 13.7. The van der Waals surface area contributed by atoms with Crippen molar-refractivity contribution >= 4 is 17.5 Å². The number of hydrogen-bond donors (Lipinski definition) is 2. The molecule has 1 aromatic heterocycles. The maximum Gasteiger partial charge on any atom is 0.258 e. The monoisotopic (exact) mass is 284 g/mol. The molecule has 110 valence electrons. The van der Waals surface area contributed by atoms with Crippen LogP contribution in [0.3, 0.4) is 0 Å². The summed E-state index contributed by atoms with van der Waals surface area (Å²) < 4.78 is 0. The van der Waals surface area contributed by atoms with Crippen molar-refractivity contribution in [3.8, 4) is 0 Å². The normalized spacial score (nSPS) is 15.6. The Morgan fingerprint density at radius 1 is 1.24 bits per heavy atom. The maximum atomic E-state index is 12.4. The van der Waals surface area contributed by atoms with E-state index in [1.165, 1.54) is 11.1 Å². The van der Waals surface area contributed by atoms with Crippen molar-refractivity contribution in [2.45, 2.75) is 33.1 Å². The van der Waals surface area contributed by atoms with Crippen LogP contribution in [0.5, 0.6) is 0 Å². The van der Waals surface area contributed by atoms with Gasteiger partial charge in [0.1, 0.15) is 5.82 Å². The minimum absolute atomic E-state index is 0.147. The molecule has 0 unspecified atom stereocenters. The molecule has 3 N–H and O–H groups in total. The number of aromatic nitrogens is 2. The van der Waals surface area contributed by atoms with Crippen LogP contribution >= 0.6 is 0 Å². The Kier molecular flexibility index (Phi) is 2.67. The van der Waals surface area contributed by atoms with Gasteiger partial charge in [-0.1, -0.05) is 19.9 Å². The van der Waals surface area contributed by atoms with Gasteiger partial charge in [-0.2, -0.15) is 4.98 Å². The first-order valence-corrected chi connectivity index (χ1v) is 6.99. The highest BCUT2D eigenvalue weighted by atomic mass is 16.1. The Morgan fingerprint density at radius 2 is 1.86 bits per heavy atom. The summed E-state index contributed by atoms with van der Waals surface area (Å²) in [7, 11) is 1.92. The van der Waals surface area contributed by atoms with Gasteiger partial charge < -0.3 is 10.6 Å². The third kappa shape index (κ3) is 1.77. The number of fused-ring (bicyclic) bond motifs is 2. The SMILES string of the molecule is Cc1cc2c(cc1C)C(C)(C)c1c(nc(N)[nH]c1=O)N2C. The number of nitrogen functional groups attached to an aromatic ring is 1. The van der Waals surface area contributed by atoms with Gasteiger partial charge in [0.15, 0.2) is 0 Å². The van der Waals surface area contributed by atoms with Gasteiger partial charge in [-0.25, -0.2) is 0 Å². The van der Waals surface area contributed by atoms with E-state index in [0.717, 1.165) is 11.3 Å². The van der Waals surface area contributed by atoms with Crippen molar-refractivity contribution in [3.05, 3.63) is 44.7 Å². The summed E-state index contributed by atoms with van der Waals surface area (Å²) in [5.41, 5.74) is 10.4. The van der Waals surface area contributed by atoms with E-state index in [4.69, 9.17) is 5.73 Å². The quantitative estimate of drug-likeness (QED) is 0.779. The van der Waals surface area contributed by atoms with E-state index in [2.05, 4.69) is 49.8 Å². The highest BCUT2D eigenvalue weighted by Gasteiger charge is 2.39. The lowest BCUT2D eigenvalue weighted by Crippen LogP contribution is -2.38. The van der Waals surface area contributed by atoms with Gasteiger partial charge in [-0.05, 0) is 36.6 Å². The Labute approximate surface area is 123 Å². The summed E-state index contributed by atoms with van der Waals surface area (Å²) in [6.45, 7) is 8.29. The van der Waals surface area contributed by atoms with E-state index >= 15 is 0 Å². The number of nitrogens with one attached hydrogen (secondary N) is 1. The van der Waals surface area contributed by atoms with Crippen LogP contribution < -0.4 is 16.2 Å². The van der Waals surface area contributed by atoms with Crippen LogP contribution in [0.15, 0.2) is 16.9 Å². The van der Waals surface area contributed by atoms with Crippen molar-refractivity contribution in [1.82, 2.24) is 9.97 Å². The average Bonchev–Trinajstić information content (AvgIpc) is 2.37. The summed E-state index contributed by atoms with van der Waals surface area (Å²) in [5, 5.41) is 0. The van der Waals surface area contributed by atoms with Crippen LogP contribution in [-0.4, -0.2) is 17.0 Å². The lowest BCUT2D eigenvalue weighted by molar-refractivity contribution is 0.613. The number of H-pyrrole nitrogens is 1. The van der Waals surface area contributed by atoms with E-state index < -0.39 is 5.41 Å². The molecular weight excluding hydrogens is 264 g/mol. The van der Waals surface area contributed by atoms with Crippen LogP contribution in [0.2, 0.25) is 0 Å². The fourth-order valence-corrected chi connectivity index (χ4v) is 3.11. The zero-order valence-electron chi connectivity index (χ0n) is 13.0. The fourth-order valence-electron chi connectivity index (χ4n) is 3.11. The Hall–Kier alpha value is -2.30. The minimum Gasteiger partial charge on any atom is -0.369 e. The van der Waals surface area contributed by atoms with E-state index in [9.17, 15) is 4.79 Å². The Bertz CT molecular complexity index is 805. The zero-order valence-corrected chi connectivity index (χ0v) is 13.0. The van der Waals surface area contributed by atoms with Crippen molar-refractivity contribution in [2.75, 3.05) is 17.7 Å². The molecule has 1 aliphatic heterocycles. The molecule has 0 fully saturated rings. The number of benzene rings is 1. The molecule has 0 saturated carbocycles. The molecule has 0 radical (unpaired) electrons. The van der Waals surface area contributed by atoms with Crippen molar-refractivity contribution in [3.63, 3.8) is 0 Å². The van der Waals surface area contributed by atoms with Crippen molar-refractivity contribution in [1.29, 1.82) is 0 Å². The van der Waals surface area contributed by atoms with E-state index in [1.54, 1.807) is 0 Å². The number of nitrogens with zero attached hydrogens (tertiary/aromatic N) is 2. The first-order valence-electron chi connectivity index (χ1n) is 6.99. The van der Waals surface area contributed by atoms with Gasteiger partial charge in [0.2, 0.25) is 5.95 Å². The molecule has 0 spiro atoms. The van der Waals surface area contributed by atoms with Crippen LogP contribution in [0, 0.1) is 13.8 Å². The molecule has 1 aromatic carbocycles. The van der Waals surface area contributed by atoms with Gasteiger partial charge in [-0.3, -0.25) is 9.78 Å². The summed E-state index contributed by atoms with van der Waals surface area (Å²) in [6, 6.07) is 4.31. The van der Waals surface area contributed by atoms with E-state index in [-0.39, 0.29) is 11.5 Å². The molecule has 0 atom stereocenters. The molecule has 5 heteroatoms. The van der Waals surface area contributed by atoms with Gasteiger partial charge >= 0.3 is 0 Å². The molecule has 0 bridgehead atoms. The number of rotatable bonds is 0. The number of aromatic amines is 1. The number of aryl methyl sites for hydroxylation is 2. The lowest BCUT2D eigenvalue weighted by atomic mass is 9.74. The molecule has 0 saturated heterocycles. The summed E-state index contributed by atoms with van der Waals surface area (Å²) in [6.07, 6.45) is 0. The molecular formula is C16H20N4O. The molecule has 0 amide bonds. The predicted octanol–water partition coefficient (Wildman–Crippen LogP) is 2.38. The second kappa shape index (κ2) is 4.10. The standard InChI is InChI=1S/C16H20N4O/c1-8-6-10-11(7-9(8)2)20(5)13-12(16(10,3)4)14(21)19-15(17)18-13/h6-7H,1-5H3,(H3,17,18,19,21). The van der Waals surface area contributed by atoms with Crippen LogP contribution in [0.25, 0.3) is 0 Å². The van der Waals surface area contributed by atoms with Crippen molar-refractivity contribution in [2.24, 2.45) is 0 Å². The third-order valence-corrected chi connectivity index (χ3v) is 4.51. The van der Waals surface area contributed by atoms with Crippen LogP contribution in [-0.2, 0) is 5.41 Å². The van der Waals surface area contributed by atoms with Gasteiger partial charge in [-0.15, -0.1) is 0 Å². The number of hydrogen-bond acceptors (Lipinski definition) is 4. The summed E-state index contributed by atoms with van der Waals surface area (Å²) in [5.74, 6) is 0.783. The summed E-state index contributed by atoms with van der Waals surface area (Å²) in [4.78, 5) is 21.3. The molecule has 3 rings (SSSR count). The highest BCUT2D eigenvalue weighted by Crippen LogP contribution is 2.46. The van der Waals surface area contributed by atoms with Gasteiger partial charge in [0.05, 0.1) is 5.56 Å². The molecule has 1 aliphatic rings. The van der Waals surface area contributed by atoms with E-state index in [0.29, 0.717) is 11.4 Å². The first-order chi connectivity index (χ1) is 9.73. The smallest absolute Gasteiger partial charge is 0.258 e. The van der Waals surface area contributed by atoms with Crippen molar-refractivity contribution < 1.29 is 0 Å². The van der Waals surface area contributed by atoms with E-state index in [1.807, 2.05) is 11.9 Å². The largest absolute Gasteiger partial charge is 0.369 e. The Morgan fingerprint density at radius 3 is 2.52 bits per heavy atom. The highest BCUT2D eigenvalue weighted by molar-refractivity contribution is 5.76. The predicted molar refractivity (Wildman–Crippen MR) is 85.4 cm³/mol. The topological polar surface area (TPSA) is 75.0 Å². The van der Waals surface area contributed by atoms with Gasteiger partial charge in [0, 0.05) is 18.2 Å². The number of nitrogens with two attached hydrogens (primary N) is 1. The lowest BCUT2D eigenvalue weighted by Gasteiger charge is -2.39. The second-order valence-electron chi connectivity index (χ2n) is 6.29. The van der Waals surface area contributed by atoms with Crippen LogP contribution in [0.1, 0.15) is 36.1 Å². The molecule has 2 heterocycles.